The maximum Gasteiger partial charge on any atom is 0.241 e. The highest BCUT2D eigenvalue weighted by molar-refractivity contribution is 7.17. The van der Waals surface area contributed by atoms with Crippen molar-refractivity contribution in [1.82, 2.24) is 15.1 Å². The summed E-state index contributed by atoms with van der Waals surface area (Å²) in [5.41, 5.74) is 2.25. The van der Waals surface area contributed by atoms with E-state index in [0.29, 0.717) is 29.2 Å². The van der Waals surface area contributed by atoms with Gasteiger partial charge >= 0.3 is 0 Å². The molecule has 0 saturated heterocycles. The van der Waals surface area contributed by atoms with Crippen molar-refractivity contribution in [2.45, 2.75) is 32.9 Å². The predicted octanol–water partition coefficient (Wildman–Crippen LogP) is 3.38. The van der Waals surface area contributed by atoms with Gasteiger partial charge in [-0.25, -0.2) is 4.39 Å². The SMILES string of the molecule is CC(=O)c1ccc(-c2cc(F)cc3c2OC(CNC(=O)Cn2ccc(C)n2)C3)s1. The van der Waals surface area contributed by atoms with Gasteiger partial charge in [-0.3, -0.25) is 14.3 Å². The summed E-state index contributed by atoms with van der Waals surface area (Å²) < 4.78 is 21.8. The number of thiophene rings is 1. The van der Waals surface area contributed by atoms with Gasteiger partial charge in [0, 0.05) is 28.6 Å². The van der Waals surface area contributed by atoms with Crippen molar-refractivity contribution in [3.63, 3.8) is 0 Å². The van der Waals surface area contributed by atoms with Gasteiger partial charge in [-0.2, -0.15) is 5.10 Å². The lowest BCUT2D eigenvalue weighted by molar-refractivity contribution is -0.122. The van der Waals surface area contributed by atoms with Gasteiger partial charge in [0.2, 0.25) is 5.91 Å². The molecule has 1 amide bonds. The molecule has 1 unspecified atom stereocenters. The van der Waals surface area contributed by atoms with Crippen LogP contribution in [0.15, 0.2) is 36.5 Å². The second kappa shape index (κ2) is 7.79. The summed E-state index contributed by atoms with van der Waals surface area (Å²) in [7, 11) is 0. The highest BCUT2D eigenvalue weighted by Crippen LogP contribution is 2.42. The van der Waals surface area contributed by atoms with Crippen LogP contribution < -0.4 is 10.1 Å². The van der Waals surface area contributed by atoms with Crippen molar-refractivity contribution in [3.05, 3.63) is 58.5 Å². The number of carbonyl (C=O) groups is 2. The minimum Gasteiger partial charge on any atom is -0.487 e. The molecule has 2 aromatic heterocycles. The first-order valence-electron chi connectivity index (χ1n) is 9.26. The third-order valence-corrected chi connectivity index (χ3v) is 5.91. The van der Waals surface area contributed by atoms with E-state index in [4.69, 9.17) is 4.74 Å². The van der Waals surface area contributed by atoms with E-state index in [1.807, 2.05) is 13.0 Å². The second-order valence-electron chi connectivity index (χ2n) is 7.06. The number of amides is 1. The monoisotopic (exact) mass is 413 g/mol. The van der Waals surface area contributed by atoms with E-state index in [1.54, 1.807) is 23.0 Å². The first kappa shape index (κ1) is 19.3. The van der Waals surface area contributed by atoms with E-state index < -0.39 is 0 Å². The number of Topliss-reactive ketones (excluding diaryl/α,β-unsaturated/α-hetero) is 1. The highest BCUT2D eigenvalue weighted by atomic mass is 32.1. The largest absolute Gasteiger partial charge is 0.487 e. The minimum atomic E-state index is -0.348. The van der Waals surface area contributed by atoms with Crippen LogP contribution in [0.3, 0.4) is 0 Å². The summed E-state index contributed by atoms with van der Waals surface area (Å²) in [5, 5.41) is 7.04. The molecular weight excluding hydrogens is 393 g/mol. The average molecular weight is 413 g/mol. The molecule has 0 fully saturated rings. The molecule has 8 heteroatoms. The number of hydrogen-bond acceptors (Lipinski definition) is 5. The smallest absolute Gasteiger partial charge is 0.241 e. The fourth-order valence-corrected chi connectivity index (χ4v) is 4.26. The zero-order chi connectivity index (χ0) is 20.5. The van der Waals surface area contributed by atoms with Gasteiger partial charge in [-0.05, 0) is 44.2 Å². The van der Waals surface area contributed by atoms with Crippen LogP contribution in [0.5, 0.6) is 5.75 Å². The number of rotatable bonds is 6. The van der Waals surface area contributed by atoms with Gasteiger partial charge in [-0.15, -0.1) is 11.3 Å². The van der Waals surface area contributed by atoms with E-state index in [0.717, 1.165) is 16.1 Å². The summed E-state index contributed by atoms with van der Waals surface area (Å²) in [6.45, 7) is 3.82. The Kier molecular flexibility index (Phi) is 5.19. The molecule has 0 bridgehead atoms. The summed E-state index contributed by atoms with van der Waals surface area (Å²) in [6, 6.07) is 8.27. The Bertz CT molecular complexity index is 1090. The molecule has 1 atom stereocenters. The molecule has 0 saturated carbocycles. The Morgan fingerprint density at radius 3 is 2.86 bits per heavy atom. The van der Waals surface area contributed by atoms with Crippen molar-refractivity contribution in [2.75, 3.05) is 6.54 Å². The molecule has 1 aliphatic heterocycles. The molecule has 0 aliphatic carbocycles. The Hall–Kier alpha value is -3.00. The fraction of sp³-hybridized carbons (Fsp3) is 0.286. The average Bonchev–Trinajstić information content (AvgIpc) is 3.38. The molecule has 0 radical (unpaired) electrons. The first-order valence-corrected chi connectivity index (χ1v) is 10.1. The van der Waals surface area contributed by atoms with Gasteiger partial charge in [0.15, 0.2) is 5.78 Å². The Labute approximate surface area is 171 Å². The quantitative estimate of drug-likeness (QED) is 0.629. The van der Waals surface area contributed by atoms with Crippen molar-refractivity contribution in [2.24, 2.45) is 0 Å². The van der Waals surface area contributed by atoms with Crippen LogP contribution in [-0.4, -0.2) is 34.1 Å². The van der Waals surface area contributed by atoms with E-state index in [2.05, 4.69) is 10.4 Å². The van der Waals surface area contributed by atoms with E-state index in [-0.39, 0.29) is 30.2 Å². The van der Waals surface area contributed by atoms with Crippen molar-refractivity contribution < 1.29 is 18.7 Å². The van der Waals surface area contributed by atoms with Crippen LogP contribution >= 0.6 is 11.3 Å². The number of nitrogens with zero attached hydrogens (tertiary/aromatic N) is 2. The number of carbonyl (C=O) groups excluding carboxylic acids is 2. The Morgan fingerprint density at radius 2 is 2.17 bits per heavy atom. The standard InChI is InChI=1S/C21H20FN3O3S/c1-12-5-6-25(24-12)11-20(27)23-10-16-8-14-7-15(22)9-17(21(14)28-16)19-4-3-18(29-19)13(2)26/h3-7,9,16H,8,10-11H2,1-2H3,(H,23,27). The van der Waals surface area contributed by atoms with Crippen LogP contribution in [0.4, 0.5) is 4.39 Å². The Morgan fingerprint density at radius 1 is 1.34 bits per heavy atom. The Balaban J connectivity index is 1.44. The van der Waals surface area contributed by atoms with Crippen LogP contribution in [0.1, 0.15) is 27.9 Å². The number of halogens is 1. The molecule has 1 aliphatic rings. The number of benzene rings is 1. The summed E-state index contributed by atoms with van der Waals surface area (Å²) >= 11 is 1.32. The lowest BCUT2D eigenvalue weighted by Crippen LogP contribution is -2.36. The second-order valence-corrected chi connectivity index (χ2v) is 8.15. The van der Waals surface area contributed by atoms with Gasteiger partial charge in [0.05, 0.1) is 17.1 Å². The van der Waals surface area contributed by atoms with E-state index in [9.17, 15) is 14.0 Å². The molecule has 6 nitrogen and oxygen atoms in total. The van der Waals surface area contributed by atoms with Crippen LogP contribution in [0.2, 0.25) is 0 Å². The number of nitrogens with one attached hydrogen (secondary N) is 1. The molecule has 1 aromatic carbocycles. The number of aromatic nitrogens is 2. The van der Waals surface area contributed by atoms with Crippen molar-refractivity contribution >= 4 is 23.0 Å². The molecule has 4 rings (SSSR count). The minimum absolute atomic E-state index is 0.0248. The molecule has 29 heavy (non-hydrogen) atoms. The van der Waals surface area contributed by atoms with Gasteiger partial charge < -0.3 is 10.1 Å². The predicted molar refractivity (Wildman–Crippen MR) is 108 cm³/mol. The van der Waals surface area contributed by atoms with Crippen molar-refractivity contribution in [1.29, 1.82) is 0 Å². The van der Waals surface area contributed by atoms with Gasteiger partial charge in [-0.1, -0.05) is 0 Å². The number of ketones is 1. The summed E-state index contributed by atoms with van der Waals surface area (Å²) in [4.78, 5) is 25.1. The molecule has 150 valence electrons. The summed E-state index contributed by atoms with van der Waals surface area (Å²) in [5.74, 6) is 0.0794. The number of fused-ring (bicyclic) bond motifs is 1. The lowest BCUT2D eigenvalue weighted by Gasteiger charge is -2.13. The number of aryl methyl sites for hydroxylation is 1. The number of hydrogen-bond donors (Lipinski definition) is 1. The van der Waals surface area contributed by atoms with Gasteiger partial charge in [0.25, 0.3) is 0 Å². The normalized spacial score (nSPS) is 15.1. The fourth-order valence-electron chi connectivity index (χ4n) is 3.35. The zero-order valence-electron chi connectivity index (χ0n) is 16.1. The lowest BCUT2D eigenvalue weighted by atomic mass is 10.0. The number of ether oxygens (including phenoxy) is 1. The van der Waals surface area contributed by atoms with Crippen LogP contribution in [0.25, 0.3) is 10.4 Å². The van der Waals surface area contributed by atoms with Crippen LogP contribution in [0, 0.1) is 12.7 Å². The van der Waals surface area contributed by atoms with E-state index >= 15 is 0 Å². The van der Waals surface area contributed by atoms with Gasteiger partial charge in [0.1, 0.15) is 24.2 Å². The molecular formula is C21H20FN3O3S. The topological polar surface area (TPSA) is 73.2 Å². The maximum absolute atomic E-state index is 14.2. The zero-order valence-corrected chi connectivity index (χ0v) is 16.9. The molecule has 1 N–H and O–H groups in total. The van der Waals surface area contributed by atoms with Crippen LogP contribution in [-0.2, 0) is 17.8 Å². The highest BCUT2D eigenvalue weighted by Gasteiger charge is 2.28. The third-order valence-electron chi connectivity index (χ3n) is 4.69. The van der Waals surface area contributed by atoms with E-state index in [1.165, 1.54) is 30.4 Å². The third kappa shape index (κ3) is 4.22. The first-order chi connectivity index (χ1) is 13.9. The molecule has 3 heterocycles. The van der Waals surface area contributed by atoms with Crippen molar-refractivity contribution in [3.8, 4) is 16.2 Å². The summed E-state index contributed by atoms with van der Waals surface area (Å²) in [6.07, 6.45) is 1.98. The maximum atomic E-state index is 14.2. The molecule has 0 spiro atoms. The molecule has 3 aromatic rings.